The van der Waals surface area contributed by atoms with Gasteiger partial charge in [-0.15, -0.1) is 0 Å². The van der Waals surface area contributed by atoms with Gasteiger partial charge in [-0.3, -0.25) is 4.79 Å². The molecule has 0 atom stereocenters. The molecule has 0 bridgehead atoms. The molecule has 5 N–H and O–H groups in total. The highest BCUT2D eigenvalue weighted by atomic mass is 16.1. The fraction of sp³-hybridized carbons (Fsp3) is 0.538. The Morgan fingerprint density at radius 1 is 1.56 bits per heavy atom. The van der Waals surface area contributed by atoms with E-state index in [1.54, 1.807) is 6.07 Å². The quantitative estimate of drug-likeness (QED) is 0.715. The van der Waals surface area contributed by atoms with Crippen LogP contribution in [0.15, 0.2) is 12.3 Å². The van der Waals surface area contributed by atoms with Gasteiger partial charge in [-0.1, -0.05) is 13.3 Å². The first-order valence-corrected chi connectivity index (χ1v) is 6.35. The summed E-state index contributed by atoms with van der Waals surface area (Å²) in [6.45, 7) is 3.04. The van der Waals surface area contributed by atoms with Gasteiger partial charge in [0.15, 0.2) is 0 Å². The third-order valence-electron chi connectivity index (χ3n) is 3.54. The third kappa shape index (κ3) is 2.72. The average Bonchev–Trinajstić information content (AvgIpc) is 3.08. The molecule has 1 aliphatic carbocycles. The Labute approximate surface area is 107 Å². The normalized spacial score (nSPS) is 16.3. The van der Waals surface area contributed by atoms with Crippen LogP contribution in [-0.4, -0.2) is 17.4 Å². The van der Waals surface area contributed by atoms with Crippen molar-refractivity contribution >= 4 is 17.4 Å². The number of anilines is 2. The van der Waals surface area contributed by atoms with Gasteiger partial charge in [0, 0.05) is 6.54 Å². The van der Waals surface area contributed by atoms with Gasteiger partial charge in [-0.05, 0) is 30.7 Å². The summed E-state index contributed by atoms with van der Waals surface area (Å²) in [7, 11) is 0. The highest BCUT2D eigenvalue weighted by Crippen LogP contribution is 2.49. The van der Waals surface area contributed by atoms with Crippen molar-refractivity contribution in [1.29, 1.82) is 0 Å². The number of nitrogens with one attached hydrogen (secondary N) is 1. The summed E-state index contributed by atoms with van der Waals surface area (Å²) in [6, 6.07) is 1.57. The summed E-state index contributed by atoms with van der Waals surface area (Å²) < 4.78 is 0. The van der Waals surface area contributed by atoms with Crippen molar-refractivity contribution in [2.75, 3.05) is 17.6 Å². The second-order valence-electron chi connectivity index (χ2n) is 5.13. The first kappa shape index (κ1) is 12.7. The Hall–Kier alpha value is -1.78. The number of pyridine rings is 1. The van der Waals surface area contributed by atoms with Gasteiger partial charge in [-0.25, -0.2) is 4.98 Å². The predicted molar refractivity (Wildman–Crippen MR) is 72.2 cm³/mol. The number of carbonyl (C=O) groups is 1. The molecule has 0 aliphatic heterocycles. The maximum atomic E-state index is 11.3. The molecule has 5 nitrogen and oxygen atoms in total. The van der Waals surface area contributed by atoms with E-state index in [0.29, 0.717) is 22.5 Å². The molecular weight excluding hydrogens is 228 g/mol. The van der Waals surface area contributed by atoms with Crippen LogP contribution in [-0.2, 0) is 0 Å². The van der Waals surface area contributed by atoms with Crippen LogP contribution < -0.4 is 16.8 Å². The van der Waals surface area contributed by atoms with Crippen molar-refractivity contribution in [3.8, 4) is 0 Å². The van der Waals surface area contributed by atoms with E-state index in [4.69, 9.17) is 11.5 Å². The second-order valence-corrected chi connectivity index (χ2v) is 5.13. The summed E-state index contributed by atoms with van der Waals surface area (Å²) in [5, 5.41) is 3.24. The van der Waals surface area contributed by atoms with Crippen molar-refractivity contribution in [1.82, 2.24) is 4.98 Å². The molecule has 0 aromatic carbocycles. The van der Waals surface area contributed by atoms with Crippen molar-refractivity contribution < 1.29 is 4.79 Å². The molecule has 18 heavy (non-hydrogen) atoms. The maximum absolute atomic E-state index is 11.3. The fourth-order valence-electron chi connectivity index (χ4n) is 2.30. The van der Waals surface area contributed by atoms with Crippen molar-refractivity contribution in [2.45, 2.75) is 32.6 Å². The van der Waals surface area contributed by atoms with E-state index in [9.17, 15) is 4.79 Å². The molecule has 1 aromatic rings. The van der Waals surface area contributed by atoms with Crippen LogP contribution in [0.25, 0.3) is 0 Å². The largest absolute Gasteiger partial charge is 0.397 e. The first-order valence-electron chi connectivity index (χ1n) is 6.35. The topological polar surface area (TPSA) is 94.0 Å². The zero-order valence-electron chi connectivity index (χ0n) is 10.7. The number of carbonyl (C=O) groups excluding carboxylic acids is 1. The molecule has 0 spiro atoms. The minimum Gasteiger partial charge on any atom is -0.397 e. The summed E-state index contributed by atoms with van der Waals surface area (Å²) in [5.41, 5.74) is 12.1. The number of aromatic nitrogens is 1. The molecule has 1 amide bonds. The van der Waals surface area contributed by atoms with Crippen LogP contribution in [0.2, 0.25) is 0 Å². The molecular formula is C13H20N4O. The van der Waals surface area contributed by atoms with Crippen LogP contribution in [0, 0.1) is 5.41 Å². The van der Waals surface area contributed by atoms with E-state index in [-0.39, 0.29) is 0 Å². The molecule has 2 rings (SSSR count). The Morgan fingerprint density at radius 2 is 2.28 bits per heavy atom. The SMILES string of the molecule is CCCC1(CNc2ncc(N)cc2C(N)=O)CC1. The zero-order valence-corrected chi connectivity index (χ0v) is 10.7. The van der Waals surface area contributed by atoms with Crippen molar-refractivity contribution in [3.63, 3.8) is 0 Å². The molecule has 0 unspecified atom stereocenters. The summed E-state index contributed by atoms with van der Waals surface area (Å²) in [6.07, 6.45) is 6.41. The van der Waals surface area contributed by atoms with Crippen LogP contribution in [0.5, 0.6) is 0 Å². The summed E-state index contributed by atoms with van der Waals surface area (Å²) in [4.78, 5) is 15.5. The molecule has 1 saturated carbocycles. The average molecular weight is 248 g/mol. The van der Waals surface area contributed by atoms with Gasteiger partial charge in [0.25, 0.3) is 5.91 Å². The molecule has 1 aromatic heterocycles. The third-order valence-corrected chi connectivity index (χ3v) is 3.54. The lowest BCUT2D eigenvalue weighted by Crippen LogP contribution is -2.20. The highest BCUT2D eigenvalue weighted by molar-refractivity contribution is 5.98. The molecule has 1 aliphatic rings. The fourth-order valence-corrected chi connectivity index (χ4v) is 2.30. The lowest BCUT2D eigenvalue weighted by atomic mass is 10.0. The number of amides is 1. The number of nitrogen functional groups attached to an aromatic ring is 1. The van der Waals surface area contributed by atoms with Gasteiger partial charge in [-0.2, -0.15) is 0 Å². The molecule has 1 fully saturated rings. The van der Waals surface area contributed by atoms with Gasteiger partial charge >= 0.3 is 0 Å². The maximum Gasteiger partial charge on any atom is 0.252 e. The van der Waals surface area contributed by atoms with E-state index >= 15 is 0 Å². The second kappa shape index (κ2) is 4.84. The van der Waals surface area contributed by atoms with E-state index in [1.165, 1.54) is 31.9 Å². The lowest BCUT2D eigenvalue weighted by Gasteiger charge is -2.16. The number of nitrogens with two attached hydrogens (primary N) is 2. The van der Waals surface area contributed by atoms with E-state index < -0.39 is 5.91 Å². The van der Waals surface area contributed by atoms with Crippen LogP contribution in [0.1, 0.15) is 43.0 Å². The highest BCUT2D eigenvalue weighted by Gasteiger charge is 2.41. The molecule has 1 heterocycles. The van der Waals surface area contributed by atoms with Crippen LogP contribution in [0.4, 0.5) is 11.5 Å². The standard InChI is InChI=1S/C13H20N4O/c1-2-3-13(4-5-13)8-17-12-10(11(15)18)6-9(14)7-16-12/h6-7H,2-5,8,14H2,1H3,(H2,15,18)(H,16,17). The van der Waals surface area contributed by atoms with Crippen molar-refractivity contribution in [2.24, 2.45) is 11.1 Å². The summed E-state index contributed by atoms with van der Waals surface area (Å²) in [5.74, 6) is 0.0386. The Kier molecular flexibility index (Phi) is 3.41. The molecule has 98 valence electrons. The smallest absolute Gasteiger partial charge is 0.252 e. The lowest BCUT2D eigenvalue weighted by molar-refractivity contribution is 0.100. The van der Waals surface area contributed by atoms with Gasteiger partial charge < -0.3 is 16.8 Å². The Balaban J connectivity index is 2.07. The molecule has 0 saturated heterocycles. The zero-order chi connectivity index (χ0) is 13.2. The van der Waals surface area contributed by atoms with E-state index in [1.807, 2.05) is 0 Å². The number of hydrogen-bond donors (Lipinski definition) is 3. The number of nitrogens with zero attached hydrogens (tertiary/aromatic N) is 1. The Bertz CT molecular complexity index is 454. The van der Waals surface area contributed by atoms with E-state index in [2.05, 4.69) is 17.2 Å². The van der Waals surface area contributed by atoms with Gasteiger partial charge in [0.05, 0.1) is 17.4 Å². The first-order chi connectivity index (χ1) is 8.56. The number of rotatable bonds is 6. The minimum atomic E-state index is -0.502. The van der Waals surface area contributed by atoms with Gasteiger partial charge in [0.2, 0.25) is 0 Å². The van der Waals surface area contributed by atoms with Gasteiger partial charge in [0.1, 0.15) is 5.82 Å². The Morgan fingerprint density at radius 3 is 2.83 bits per heavy atom. The van der Waals surface area contributed by atoms with Crippen molar-refractivity contribution in [3.05, 3.63) is 17.8 Å². The minimum absolute atomic E-state index is 0.363. The monoisotopic (exact) mass is 248 g/mol. The van der Waals surface area contributed by atoms with Crippen LogP contribution >= 0.6 is 0 Å². The predicted octanol–water partition coefficient (Wildman–Crippen LogP) is 1.75. The number of hydrogen-bond acceptors (Lipinski definition) is 4. The number of primary amides is 1. The molecule has 0 radical (unpaired) electrons. The molecule has 5 heteroatoms. The van der Waals surface area contributed by atoms with Crippen LogP contribution in [0.3, 0.4) is 0 Å². The van der Waals surface area contributed by atoms with E-state index in [0.717, 1.165) is 6.54 Å². The summed E-state index contributed by atoms with van der Waals surface area (Å²) >= 11 is 0.